The van der Waals surface area contributed by atoms with Gasteiger partial charge in [0.2, 0.25) is 5.78 Å². The second-order valence-electron chi connectivity index (χ2n) is 10.0. The van der Waals surface area contributed by atoms with Gasteiger partial charge in [-0.2, -0.15) is 0 Å². The first-order valence-corrected chi connectivity index (χ1v) is 12.0. The molecule has 0 heterocycles. The average Bonchev–Trinajstić information content (AvgIpc) is 2.81. The SMILES string of the molecule is CC(C)C[C@H](NC(=O)C(=O)[C@@H](Cc1ccccc1)NC(=O)OC(C)(C)C)C(=O)OCc1ccccc1. The predicted octanol–water partition coefficient (Wildman–Crippen LogP) is 3.97. The number of amides is 2. The van der Waals surface area contributed by atoms with Gasteiger partial charge in [0.15, 0.2) is 0 Å². The van der Waals surface area contributed by atoms with Crippen LogP contribution in [0, 0.1) is 5.92 Å². The molecule has 2 aromatic carbocycles. The summed E-state index contributed by atoms with van der Waals surface area (Å²) in [5.74, 6) is -2.44. The van der Waals surface area contributed by atoms with Crippen molar-refractivity contribution in [3.05, 3.63) is 71.8 Å². The van der Waals surface area contributed by atoms with Crippen LogP contribution in [0.15, 0.2) is 60.7 Å². The van der Waals surface area contributed by atoms with E-state index in [1.165, 1.54) is 0 Å². The largest absolute Gasteiger partial charge is 0.459 e. The summed E-state index contributed by atoms with van der Waals surface area (Å²) in [6.07, 6.45) is -0.444. The molecule has 0 aliphatic rings. The van der Waals surface area contributed by atoms with Gasteiger partial charge in [-0.1, -0.05) is 74.5 Å². The van der Waals surface area contributed by atoms with E-state index in [4.69, 9.17) is 9.47 Å². The van der Waals surface area contributed by atoms with Crippen LogP contribution in [0.3, 0.4) is 0 Å². The fraction of sp³-hybridized carbons (Fsp3) is 0.429. The lowest BCUT2D eigenvalue weighted by Crippen LogP contribution is -2.53. The summed E-state index contributed by atoms with van der Waals surface area (Å²) in [5, 5.41) is 5.02. The molecule has 2 atom stereocenters. The van der Waals surface area contributed by atoms with Crippen molar-refractivity contribution in [2.75, 3.05) is 0 Å². The minimum atomic E-state index is -1.18. The van der Waals surface area contributed by atoms with Crippen molar-refractivity contribution in [3.63, 3.8) is 0 Å². The second kappa shape index (κ2) is 13.4. The lowest BCUT2D eigenvalue weighted by atomic mass is 10.0. The fourth-order valence-electron chi connectivity index (χ4n) is 3.41. The Balaban J connectivity index is 2.13. The molecule has 0 aliphatic heterocycles. The molecule has 8 heteroatoms. The number of carbonyl (C=O) groups is 4. The highest BCUT2D eigenvalue weighted by Crippen LogP contribution is 2.11. The van der Waals surface area contributed by atoms with E-state index in [1.54, 1.807) is 45.0 Å². The van der Waals surface area contributed by atoms with E-state index in [0.29, 0.717) is 0 Å². The molecule has 0 bridgehead atoms. The van der Waals surface area contributed by atoms with Crippen molar-refractivity contribution >= 4 is 23.8 Å². The molecule has 8 nitrogen and oxygen atoms in total. The molecular formula is C28H36N2O6. The molecule has 0 fully saturated rings. The lowest BCUT2D eigenvalue weighted by molar-refractivity contribution is -0.150. The van der Waals surface area contributed by atoms with Crippen LogP contribution in [0.2, 0.25) is 0 Å². The number of ether oxygens (including phenoxy) is 2. The highest BCUT2D eigenvalue weighted by atomic mass is 16.6. The van der Waals surface area contributed by atoms with Crippen molar-refractivity contribution in [2.24, 2.45) is 5.92 Å². The number of ketones is 1. The minimum Gasteiger partial charge on any atom is -0.459 e. The van der Waals surface area contributed by atoms with E-state index in [9.17, 15) is 19.2 Å². The first kappa shape index (κ1) is 28.6. The van der Waals surface area contributed by atoms with Crippen LogP contribution in [0.25, 0.3) is 0 Å². The Bertz CT molecular complexity index is 1020. The number of Topliss-reactive ketones (excluding diaryl/α,β-unsaturated/α-hetero) is 1. The van der Waals surface area contributed by atoms with Crippen molar-refractivity contribution in [1.82, 2.24) is 10.6 Å². The number of rotatable bonds is 11. The first-order valence-electron chi connectivity index (χ1n) is 12.0. The van der Waals surface area contributed by atoms with Crippen LogP contribution in [0.1, 0.15) is 52.2 Å². The Labute approximate surface area is 212 Å². The Morgan fingerprint density at radius 3 is 1.89 bits per heavy atom. The van der Waals surface area contributed by atoms with Gasteiger partial charge in [0.25, 0.3) is 5.91 Å². The maximum atomic E-state index is 13.1. The van der Waals surface area contributed by atoms with E-state index in [-0.39, 0.29) is 25.4 Å². The molecule has 0 radical (unpaired) electrons. The standard InChI is InChI=1S/C28H36N2O6/c1-19(2)16-23(26(33)35-18-21-14-10-7-11-15-21)29-25(32)24(31)22(17-20-12-8-6-9-13-20)30-27(34)36-28(3,4)5/h6-15,19,22-23H,16-18H2,1-5H3,(H,29,32)(H,30,34)/t22-,23+/m1/s1. The zero-order valence-corrected chi connectivity index (χ0v) is 21.6. The summed E-state index contributed by atoms with van der Waals surface area (Å²) < 4.78 is 10.7. The maximum Gasteiger partial charge on any atom is 0.408 e. The van der Waals surface area contributed by atoms with Crippen molar-refractivity contribution in [1.29, 1.82) is 0 Å². The van der Waals surface area contributed by atoms with Crippen LogP contribution in [0.4, 0.5) is 4.79 Å². The third-order valence-corrected chi connectivity index (χ3v) is 5.03. The lowest BCUT2D eigenvalue weighted by Gasteiger charge is -2.24. The Hall–Kier alpha value is -3.68. The summed E-state index contributed by atoms with van der Waals surface area (Å²) in [5.41, 5.74) is 0.777. The molecule has 0 aromatic heterocycles. The topological polar surface area (TPSA) is 111 Å². The van der Waals surface area contributed by atoms with E-state index in [1.807, 2.05) is 50.2 Å². The zero-order valence-electron chi connectivity index (χ0n) is 21.6. The number of benzene rings is 2. The van der Waals surface area contributed by atoms with E-state index in [2.05, 4.69) is 10.6 Å². The van der Waals surface area contributed by atoms with Crippen molar-refractivity contribution in [2.45, 2.75) is 71.8 Å². The number of hydrogen-bond donors (Lipinski definition) is 2. The van der Waals surface area contributed by atoms with Gasteiger partial charge in [0.1, 0.15) is 24.3 Å². The van der Waals surface area contributed by atoms with Gasteiger partial charge in [-0.15, -0.1) is 0 Å². The number of alkyl carbamates (subject to hydrolysis) is 1. The van der Waals surface area contributed by atoms with E-state index >= 15 is 0 Å². The van der Waals surface area contributed by atoms with E-state index < -0.39 is 41.4 Å². The first-order chi connectivity index (χ1) is 16.9. The zero-order chi connectivity index (χ0) is 26.7. The van der Waals surface area contributed by atoms with Gasteiger partial charge in [0, 0.05) is 6.42 Å². The number of hydrogen-bond acceptors (Lipinski definition) is 6. The third-order valence-electron chi connectivity index (χ3n) is 5.03. The molecule has 2 aromatic rings. The summed E-state index contributed by atoms with van der Waals surface area (Å²) >= 11 is 0. The summed E-state index contributed by atoms with van der Waals surface area (Å²) in [4.78, 5) is 51.2. The van der Waals surface area contributed by atoms with E-state index in [0.717, 1.165) is 11.1 Å². The van der Waals surface area contributed by atoms with Gasteiger partial charge in [-0.25, -0.2) is 9.59 Å². The van der Waals surface area contributed by atoms with Gasteiger partial charge in [-0.05, 0) is 44.2 Å². The number of carbonyl (C=O) groups excluding carboxylic acids is 4. The molecule has 194 valence electrons. The van der Waals surface area contributed by atoms with Gasteiger partial charge in [-0.3, -0.25) is 9.59 Å². The van der Waals surface area contributed by atoms with Gasteiger partial charge >= 0.3 is 12.1 Å². The number of nitrogens with one attached hydrogen (secondary N) is 2. The van der Waals surface area contributed by atoms with Crippen molar-refractivity contribution in [3.8, 4) is 0 Å². The minimum absolute atomic E-state index is 0.0505. The smallest absolute Gasteiger partial charge is 0.408 e. The summed E-state index contributed by atoms with van der Waals surface area (Å²) in [6.45, 7) is 8.94. The van der Waals surface area contributed by atoms with Crippen LogP contribution in [-0.4, -0.2) is 41.4 Å². The molecule has 36 heavy (non-hydrogen) atoms. The molecule has 0 saturated heterocycles. The Morgan fingerprint density at radius 1 is 0.806 bits per heavy atom. The monoisotopic (exact) mass is 496 g/mol. The Kier molecular flexibility index (Phi) is 10.6. The quantitative estimate of drug-likeness (QED) is 0.360. The molecule has 2 amide bonds. The molecule has 2 N–H and O–H groups in total. The molecule has 2 rings (SSSR count). The predicted molar refractivity (Wildman–Crippen MR) is 136 cm³/mol. The molecule has 0 spiro atoms. The summed E-state index contributed by atoms with van der Waals surface area (Å²) in [6, 6.07) is 16.0. The second-order valence-corrected chi connectivity index (χ2v) is 10.0. The number of esters is 1. The van der Waals surface area contributed by atoms with Crippen LogP contribution in [-0.2, 0) is 36.9 Å². The normalized spacial score (nSPS) is 12.8. The fourth-order valence-corrected chi connectivity index (χ4v) is 3.41. The highest BCUT2D eigenvalue weighted by molar-refractivity contribution is 6.38. The van der Waals surface area contributed by atoms with Crippen molar-refractivity contribution < 1.29 is 28.7 Å². The van der Waals surface area contributed by atoms with Crippen LogP contribution < -0.4 is 10.6 Å². The molecule has 0 saturated carbocycles. The Morgan fingerprint density at radius 2 is 1.36 bits per heavy atom. The average molecular weight is 497 g/mol. The maximum absolute atomic E-state index is 13.1. The highest BCUT2D eigenvalue weighted by Gasteiger charge is 2.32. The molecular weight excluding hydrogens is 460 g/mol. The van der Waals surface area contributed by atoms with Gasteiger partial charge in [0.05, 0.1) is 0 Å². The molecule has 0 unspecified atom stereocenters. The third kappa shape index (κ3) is 10.3. The van der Waals surface area contributed by atoms with Crippen LogP contribution >= 0.6 is 0 Å². The van der Waals surface area contributed by atoms with Crippen LogP contribution in [0.5, 0.6) is 0 Å². The molecule has 0 aliphatic carbocycles. The summed E-state index contributed by atoms with van der Waals surface area (Å²) in [7, 11) is 0. The van der Waals surface area contributed by atoms with Gasteiger partial charge < -0.3 is 20.1 Å².